The molecule has 2 N–H and O–H groups in total. The highest BCUT2D eigenvalue weighted by Crippen LogP contribution is 2.28. The Hall–Kier alpha value is -3.71. The zero-order valence-corrected chi connectivity index (χ0v) is 20.1. The second-order valence-corrected chi connectivity index (χ2v) is 8.72. The minimum absolute atomic E-state index is 0.213. The number of carbonyl (C=O) groups is 2. The highest BCUT2D eigenvalue weighted by molar-refractivity contribution is 6.04. The molecule has 35 heavy (non-hydrogen) atoms. The maximum atomic E-state index is 14.1. The van der Waals surface area contributed by atoms with Gasteiger partial charge in [0.15, 0.2) is 0 Å². The molecule has 4 rings (SSSR count). The molecular weight excluding hydrogens is 443 g/mol. The van der Waals surface area contributed by atoms with Gasteiger partial charge in [-0.2, -0.15) is 0 Å². The van der Waals surface area contributed by atoms with E-state index in [1.165, 1.54) is 12.1 Å². The van der Waals surface area contributed by atoms with Crippen molar-refractivity contribution in [3.63, 3.8) is 0 Å². The molecule has 1 saturated heterocycles. The Kier molecular flexibility index (Phi) is 7.77. The van der Waals surface area contributed by atoms with Crippen LogP contribution in [0.15, 0.2) is 72.8 Å². The van der Waals surface area contributed by atoms with E-state index in [4.69, 9.17) is 0 Å². The van der Waals surface area contributed by atoms with Crippen LogP contribution in [0.1, 0.15) is 46.2 Å². The number of amides is 2. The Morgan fingerprint density at radius 1 is 0.886 bits per heavy atom. The number of hydrogen-bond acceptors (Lipinski definition) is 4. The smallest absolute Gasteiger partial charge is 0.255 e. The molecule has 1 aliphatic heterocycles. The van der Waals surface area contributed by atoms with Gasteiger partial charge in [-0.3, -0.25) is 9.59 Å². The summed E-state index contributed by atoms with van der Waals surface area (Å²) in [5.41, 5.74) is 3.33. The summed E-state index contributed by atoms with van der Waals surface area (Å²) < 4.78 is 14.1. The Morgan fingerprint density at radius 3 is 2.20 bits per heavy atom. The average molecular weight is 475 g/mol. The molecule has 6 nitrogen and oxygen atoms in total. The highest BCUT2D eigenvalue weighted by Gasteiger charge is 2.22. The molecule has 0 spiro atoms. The largest absolute Gasteiger partial charge is 0.369 e. The molecule has 0 aromatic heterocycles. The number of carbonyl (C=O) groups excluding carboxylic acids is 2. The van der Waals surface area contributed by atoms with Crippen LogP contribution in [-0.2, 0) is 0 Å². The molecule has 0 aliphatic carbocycles. The van der Waals surface area contributed by atoms with Crippen LogP contribution in [0.25, 0.3) is 0 Å². The molecule has 0 bridgehead atoms. The second-order valence-electron chi connectivity index (χ2n) is 8.72. The predicted octanol–water partition coefficient (Wildman–Crippen LogP) is 4.71. The molecule has 1 fully saturated rings. The standard InChI is InChI=1S/C28H31FN4O2/c1-3-32-15-17-33(18-16-32)26-14-11-23(29)19-25(26)20(2)30-27(34)22-9-12-24(13-10-22)31-28(35)21-7-5-4-6-8-21/h4-14,19-20H,3,15-18H2,1-2H3,(H,30,34)(H,31,35). The topological polar surface area (TPSA) is 64.7 Å². The maximum Gasteiger partial charge on any atom is 0.255 e. The summed E-state index contributed by atoms with van der Waals surface area (Å²) >= 11 is 0. The van der Waals surface area contributed by atoms with E-state index >= 15 is 0 Å². The van der Waals surface area contributed by atoms with Crippen LogP contribution in [0.3, 0.4) is 0 Å². The third kappa shape index (κ3) is 6.05. The van der Waals surface area contributed by atoms with E-state index in [1.807, 2.05) is 13.0 Å². The van der Waals surface area contributed by atoms with Crippen molar-refractivity contribution in [2.75, 3.05) is 42.9 Å². The van der Waals surface area contributed by atoms with Crippen molar-refractivity contribution in [2.45, 2.75) is 19.9 Å². The Morgan fingerprint density at radius 2 is 1.54 bits per heavy atom. The summed E-state index contributed by atoms with van der Waals surface area (Å²) in [5, 5.41) is 5.82. The summed E-state index contributed by atoms with van der Waals surface area (Å²) in [6.45, 7) is 8.69. The van der Waals surface area contributed by atoms with E-state index in [9.17, 15) is 14.0 Å². The number of nitrogens with zero attached hydrogens (tertiary/aromatic N) is 2. The molecule has 1 atom stereocenters. The molecule has 1 aliphatic rings. The van der Waals surface area contributed by atoms with Gasteiger partial charge < -0.3 is 20.4 Å². The van der Waals surface area contributed by atoms with Gasteiger partial charge in [0.2, 0.25) is 0 Å². The zero-order chi connectivity index (χ0) is 24.8. The van der Waals surface area contributed by atoms with Gasteiger partial charge >= 0.3 is 0 Å². The lowest BCUT2D eigenvalue weighted by Crippen LogP contribution is -2.46. The Balaban J connectivity index is 1.42. The summed E-state index contributed by atoms with van der Waals surface area (Å²) in [6, 6.07) is 20.1. The van der Waals surface area contributed by atoms with Crippen molar-refractivity contribution in [1.29, 1.82) is 0 Å². The third-order valence-electron chi connectivity index (χ3n) is 6.40. The van der Waals surface area contributed by atoms with Gasteiger partial charge in [0.25, 0.3) is 11.8 Å². The number of halogens is 1. The van der Waals surface area contributed by atoms with Crippen molar-refractivity contribution in [3.05, 3.63) is 95.3 Å². The Labute approximate surface area is 205 Å². The zero-order valence-electron chi connectivity index (χ0n) is 20.1. The number of likely N-dealkylation sites (N-methyl/N-ethyl adjacent to an activating group) is 1. The molecule has 1 unspecified atom stereocenters. The van der Waals surface area contributed by atoms with Crippen LogP contribution in [-0.4, -0.2) is 49.4 Å². The maximum absolute atomic E-state index is 14.1. The minimum atomic E-state index is -0.380. The van der Waals surface area contributed by atoms with Crippen molar-refractivity contribution in [3.8, 4) is 0 Å². The van der Waals surface area contributed by atoms with Crippen LogP contribution in [0.5, 0.6) is 0 Å². The van der Waals surface area contributed by atoms with Crippen molar-refractivity contribution < 1.29 is 14.0 Å². The first-order valence-electron chi connectivity index (χ1n) is 12.0. The van der Waals surface area contributed by atoms with Crippen LogP contribution >= 0.6 is 0 Å². The van der Waals surface area contributed by atoms with Gasteiger partial charge in [-0.05, 0) is 68.1 Å². The van der Waals surface area contributed by atoms with Crippen molar-refractivity contribution >= 4 is 23.2 Å². The van der Waals surface area contributed by atoms with E-state index in [0.717, 1.165) is 44.0 Å². The summed E-state index contributed by atoms with van der Waals surface area (Å²) in [4.78, 5) is 29.9. The van der Waals surface area contributed by atoms with Gasteiger partial charge in [-0.15, -0.1) is 0 Å². The van der Waals surface area contributed by atoms with Crippen LogP contribution < -0.4 is 15.5 Å². The SMILES string of the molecule is CCN1CCN(c2ccc(F)cc2C(C)NC(=O)c2ccc(NC(=O)c3ccccc3)cc2)CC1. The number of piperazine rings is 1. The van der Waals surface area contributed by atoms with Gasteiger partial charge in [-0.25, -0.2) is 4.39 Å². The molecule has 3 aromatic carbocycles. The summed E-state index contributed by atoms with van der Waals surface area (Å²) in [5.74, 6) is -0.796. The normalized spacial score (nSPS) is 14.9. The first-order valence-corrected chi connectivity index (χ1v) is 12.0. The predicted molar refractivity (Wildman–Crippen MR) is 137 cm³/mol. The van der Waals surface area contributed by atoms with E-state index in [0.29, 0.717) is 16.8 Å². The first-order chi connectivity index (χ1) is 16.9. The fourth-order valence-electron chi connectivity index (χ4n) is 4.32. The van der Waals surface area contributed by atoms with Gasteiger partial charge in [0.05, 0.1) is 6.04 Å². The highest BCUT2D eigenvalue weighted by atomic mass is 19.1. The number of benzene rings is 3. The van der Waals surface area contributed by atoms with Crippen molar-refractivity contribution in [1.82, 2.24) is 10.2 Å². The van der Waals surface area contributed by atoms with Crippen LogP contribution in [0, 0.1) is 5.82 Å². The van der Waals surface area contributed by atoms with E-state index in [-0.39, 0.29) is 23.7 Å². The molecule has 3 aromatic rings. The molecule has 7 heteroatoms. The fraction of sp³-hybridized carbons (Fsp3) is 0.286. The van der Waals surface area contributed by atoms with Gasteiger partial charge in [0, 0.05) is 54.2 Å². The molecule has 0 radical (unpaired) electrons. The van der Waals surface area contributed by atoms with Gasteiger partial charge in [-0.1, -0.05) is 25.1 Å². The lowest BCUT2D eigenvalue weighted by Gasteiger charge is -2.37. The number of nitrogens with one attached hydrogen (secondary N) is 2. The number of rotatable bonds is 7. The molecule has 1 heterocycles. The molecule has 2 amide bonds. The van der Waals surface area contributed by atoms with E-state index < -0.39 is 0 Å². The monoisotopic (exact) mass is 474 g/mol. The molecular formula is C28H31FN4O2. The van der Waals surface area contributed by atoms with E-state index in [2.05, 4.69) is 27.4 Å². The van der Waals surface area contributed by atoms with Crippen molar-refractivity contribution in [2.24, 2.45) is 0 Å². The lowest BCUT2D eigenvalue weighted by molar-refractivity contribution is 0.0939. The van der Waals surface area contributed by atoms with Crippen LogP contribution in [0.2, 0.25) is 0 Å². The molecule has 182 valence electrons. The minimum Gasteiger partial charge on any atom is -0.369 e. The fourth-order valence-corrected chi connectivity index (χ4v) is 4.32. The Bertz CT molecular complexity index is 1160. The average Bonchev–Trinajstić information content (AvgIpc) is 2.89. The van der Waals surface area contributed by atoms with Gasteiger partial charge in [0.1, 0.15) is 5.82 Å². The van der Waals surface area contributed by atoms with Crippen LogP contribution in [0.4, 0.5) is 15.8 Å². The number of anilines is 2. The first kappa shape index (κ1) is 24.4. The summed E-state index contributed by atoms with van der Waals surface area (Å²) in [7, 11) is 0. The third-order valence-corrected chi connectivity index (χ3v) is 6.40. The number of hydrogen-bond donors (Lipinski definition) is 2. The van der Waals surface area contributed by atoms with E-state index in [1.54, 1.807) is 54.6 Å². The quantitative estimate of drug-likeness (QED) is 0.521. The summed E-state index contributed by atoms with van der Waals surface area (Å²) in [6.07, 6.45) is 0. The second kappa shape index (κ2) is 11.1. The lowest BCUT2D eigenvalue weighted by atomic mass is 10.0. The molecule has 0 saturated carbocycles.